The van der Waals surface area contributed by atoms with Gasteiger partial charge in [-0.3, -0.25) is 9.09 Å². The van der Waals surface area contributed by atoms with Gasteiger partial charge in [0.1, 0.15) is 0 Å². The van der Waals surface area contributed by atoms with Gasteiger partial charge in [-0.15, -0.1) is 0 Å². The van der Waals surface area contributed by atoms with E-state index in [1.807, 2.05) is 30.3 Å². The van der Waals surface area contributed by atoms with E-state index in [9.17, 15) is 9.46 Å². The topological polar surface area (TPSA) is 59.4 Å². The number of rotatable bonds is 4. The molecule has 0 bridgehead atoms. The van der Waals surface area contributed by atoms with Crippen molar-refractivity contribution in [2.24, 2.45) is 0 Å². The third-order valence-corrected chi connectivity index (χ3v) is 3.95. The molecule has 94 valence electrons. The predicted molar refractivity (Wildman–Crippen MR) is 69.6 cm³/mol. The summed E-state index contributed by atoms with van der Waals surface area (Å²) in [5, 5.41) is 0. The summed E-state index contributed by atoms with van der Waals surface area (Å²) in [4.78, 5) is 13.7. The smallest absolute Gasteiger partial charge is 0.320 e. The van der Waals surface area contributed by atoms with Crippen LogP contribution in [0.25, 0.3) is 0 Å². The quantitative estimate of drug-likeness (QED) is 0.861. The van der Waals surface area contributed by atoms with Gasteiger partial charge in [-0.2, -0.15) is 0 Å². The molecule has 2 rings (SSSR count). The summed E-state index contributed by atoms with van der Waals surface area (Å²) >= 11 is 0. The zero-order chi connectivity index (χ0) is 13.0. The molecule has 0 spiro atoms. The van der Waals surface area contributed by atoms with Crippen LogP contribution < -0.4 is 5.44 Å². The van der Waals surface area contributed by atoms with Gasteiger partial charge in [-0.05, 0) is 24.6 Å². The van der Waals surface area contributed by atoms with Crippen LogP contribution in [0.5, 0.6) is 0 Å². The fourth-order valence-electron chi connectivity index (χ4n) is 1.57. The van der Waals surface area contributed by atoms with Gasteiger partial charge >= 0.3 is 7.60 Å². The number of aromatic nitrogens is 1. The summed E-state index contributed by atoms with van der Waals surface area (Å²) < 4.78 is 17.3. The van der Waals surface area contributed by atoms with Crippen molar-refractivity contribution in [3.8, 4) is 0 Å². The van der Waals surface area contributed by atoms with Crippen molar-refractivity contribution in [1.82, 2.24) is 4.98 Å². The first-order valence-corrected chi connectivity index (χ1v) is 7.15. The first kappa shape index (κ1) is 13.0. The van der Waals surface area contributed by atoms with E-state index in [-0.39, 0.29) is 5.44 Å². The molecular formula is C13H14NO3P. The Morgan fingerprint density at radius 3 is 2.44 bits per heavy atom. The van der Waals surface area contributed by atoms with Gasteiger partial charge < -0.3 is 4.89 Å². The average Bonchev–Trinajstić information content (AvgIpc) is 2.40. The van der Waals surface area contributed by atoms with E-state index in [2.05, 4.69) is 4.98 Å². The minimum Gasteiger partial charge on any atom is -0.320 e. The molecule has 0 aliphatic carbocycles. The second kappa shape index (κ2) is 5.44. The van der Waals surface area contributed by atoms with Crippen molar-refractivity contribution in [2.75, 3.05) is 0 Å². The van der Waals surface area contributed by atoms with E-state index in [4.69, 9.17) is 4.52 Å². The molecule has 1 aromatic heterocycles. The first-order chi connectivity index (χ1) is 8.59. The van der Waals surface area contributed by atoms with Crippen LogP contribution in [0.4, 0.5) is 0 Å². The number of pyridine rings is 1. The minimum atomic E-state index is -3.88. The summed E-state index contributed by atoms with van der Waals surface area (Å²) in [5.41, 5.74) is 0.912. The number of hydrogen-bond donors (Lipinski definition) is 1. The van der Waals surface area contributed by atoms with E-state index in [0.29, 0.717) is 0 Å². The van der Waals surface area contributed by atoms with Gasteiger partial charge in [0.05, 0.1) is 6.10 Å². The summed E-state index contributed by atoms with van der Waals surface area (Å²) in [7, 11) is -3.88. The highest BCUT2D eigenvalue weighted by molar-refractivity contribution is 7.60. The standard InChI is InChI=1S/C13H14NO3P/c1-11(12-7-3-2-4-8-12)17-18(15,16)13-9-5-6-10-14-13/h2-11H,1H3,(H,15,16)/t11-/m1/s1. The molecule has 4 nitrogen and oxygen atoms in total. The lowest BCUT2D eigenvalue weighted by atomic mass is 10.1. The fourth-order valence-corrected chi connectivity index (χ4v) is 2.72. The maximum atomic E-state index is 12.1. The molecule has 1 N–H and O–H groups in total. The average molecular weight is 263 g/mol. The molecule has 2 atom stereocenters. The molecule has 0 radical (unpaired) electrons. The molecule has 0 saturated carbocycles. The van der Waals surface area contributed by atoms with E-state index in [1.165, 1.54) is 12.3 Å². The third-order valence-electron chi connectivity index (χ3n) is 2.51. The lowest BCUT2D eigenvalue weighted by Crippen LogP contribution is -2.12. The van der Waals surface area contributed by atoms with Crippen molar-refractivity contribution in [1.29, 1.82) is 0 Å². The maximum Gasteiger partial charge on any atom is 0.377 e. The fraction of sp³-hybridized carbons (Fsp3) is 0.154. The normalized spacial score (nSPS) is 15.9. The number of nitrogens with zero attached hydrogens (tertiary/aromatic N) is 1. The van der Waals surface area contributed by atoms with Gasteiger partial charge in [-0.25, -0.2) is 4.98 Å². The van der Waals surface area contributed by atoms with Gasteiger partial charge in [0.25, 0.3) is 0 Å². The van der Waals surface area contributed by atoms with Crippen LogP contribution in [0.15, 0.2) is 54.7 Å². The Kier molecular flexibility index (Phi) is 3.92. The molecule has 18 heavy (non-hydrogen) atoms. The molecule has 1 heterocycles. The van der Waals surface area contributed by atoms with Crippen molar-refractivity contribution in [2.45, 2.75) is 13.0 Å². The van der Waals surface area contributed by atoms with Crippen molar-refractivity contribution in [3.05, 3.63) is 60.3 Å². The Balaban J connectivity index is 2.17. The zero-order valence-corrected chi connectivity index (χ0v) is 10.8. The lowest BCUT2D eigenvalue weighted by Gasteiger charge is -2.17. The van der Waals surface area contributed by atoms with Crippen LogP contribution in [-0.2, 0) is 9.09 Å². The van der Waals surface area contributed by atoms with Crippen LogP contribution >= 0.6 is 7.60 Å². The molecule has 5 heteroatoms. The van der Waals surface area contributed by atoms with Crippen LogP contribution in [0, 0.1) is 0 Å². The van der Waals surface area contributed by atoms with Crippen molar-refractivity contribution in [3.63, 3.8) is 0 Å². The SMILES string of the molecule is C[C@@H](OP(=O)(O)c1ccccn1)c1ccccc1. The van der Waals surface area contributed by atoms with Crippen molar-refractivity contribution >= 4 is 13.0 Å². The third kappa shape index (κ3) is 3.05. The largest absolute Gasteiger partial charge is 0.377 e. The van der Waals surface area contributed by atoms with Gasteiger partial charge in [-0.1, -0.05) is 36.4 Å². The Bertz CT molecular complexity index is 545. The van der Waals surface area contributed by atoms with E-state index in [1.54, 1.807) is 19.1 Å². The van der Waals surface area contributed by atoms with Crippen molar-refractivity contribution < 1.29 is 14.0 Å². The highest BCUT2D eigenvalue weighted by Gasteiger charge is 2.27. The number of hydrogen-bond acceptors (Lipinski definition) is 3. The van der Waals surface area contributed by atoms with Crippen LogP contribution in [0.3, 0.4) is 0 Å². The molecule has 1 aromatic carbocycles. The molecule has 0 fully saturated rings. The summed E-state index contributed by atoms with van der Waals surface area (Å²) in [6.07, 6.45) is 0.999. The Labute approximate surface area is 106 Å². The molecule has 0 amide bonds. The summed E-state index contributed by atoms with van der Waals surface area (Å²) in [5.74, 6) is 0. The molecule has 2 aromatic rings. The second-order valence-electron chi connectivity index (χ2n) is 3.87. The monoisotopic (exact) mass is 263 g/mol. The van der Waals surface area contributed by atoms with Crippen LogP contribution in [0.2, 0.25) is 0 Å². The highest BCUT2D eigenvalue weighted by atomic mass is 31.2. The van der Waals surface area contributed by atoms with Gasteiger partial charge in [0, 0.05) is 6.20 Å². The Morgan fingerprint density at radius 2 is 1.83 bits per heavy atom. The second-order valence-corrected chi connectivity index (χ2v) is 5.58. The zero-order valence-electron chi connectivity index (χ0n) is 9.93. The summed E-state index contributed by atoms with van der Waals surface area (Å²) in [6, 6.07) is 14.1. The van der Waals surface area contributed by atoms with Gasteiger partial charge in [0.15, 0.2) is 5.44 Å². The lowest BCUT2D eigenvalue weighted by molar-refractivity contribution is 0.198. The maximum absolute atomic E-state index is 12.1. The van der Waals surface area contributed by atoms with E-state index < -0.39 is 13.7 Å². The number of benzene rings is 1. The van der Waals surface area contributed by atoms with Crippen LogP contribution in [-0.4, -0.2) is 9.88 Å². The Hall–Kier alpha value is -1.48. The minimum absolute atomic E-state index is 0.0628. The Morgan fingerprint density at radius 1 is 1.17 bits per heavy atom. The first-order valence-electron chi connectivity index (χ1n) is 5.57. The summed E-state index contributed by atoms with van der Waals surface area (Å²) in [6.45, 7) is 1.74. The predicted octanol–water partition coefficient (Wildman–Crippen LogP) is 2.67. The molecule has 1 unspecified atom stereocenters. The highest BCUT2D eigenvalue weighted by Crippen LogP contribution is 2.44. The molecule has 0 saturated heterocycles. The molecular weight excluding hydrogens is 249 g/mol. The van der Waals surface area contributed by atoms with Gasteiger partial charge in [0.2, 0.25) is 0 Å². The van der Waals surface area contributed by atoms with Crippen LogP contribution in [0.1, 0.15) is 18.6 Å². The van der Waals surface area contributed by atoms with E-state index in [0.717, 1.165) is 5.56 Å². The molecule has 0 aliphatic rings. The molecule has 0 aliphatic heterocycles. The van der Waals surface area contributed by atoms with E-state index >= 15 is 0 Å².